The Bertz CT molecular complexity index is 1020. The minimum absolute atomic E-state index is 0.0129. The maximum Gasteiger partial charge on any atom is 0.319 e. The van der Waals surface area contributed by atoms with Gasteiger partial charge in [0.15, 0.2) is 6.29 Å². The third kappa shape index (κ3) is 6.99. The van der Waals surface area contributed by atoms with Gasteiger partial charge in [0.25, 0.3) is 0 Å². The molecular formula is C30H41N3O4. The van der Waals surface area contributed by atoms with Gasteiger partial charge in [0.2, 0.25) is 0 Å². The number of benzene rings is 2. The molecule has 0 aromatic heterocycles. The fourth-order valence-electron chi connectivity index (χ4n) is 5.47. The molecule has 4 rings (SSSR count). The number of carbonyl (C=O) groups is 1. The van der Waals surface area contributed by atoms with Crippen molar-refractivity contribution >= 4 is 11.7 Å². The average Bonchev–Trinajstić information content (AvgIpc) is 3.45. The van der Waals surface area contributed by atoms with Gasteiger partial charge in [-0.15, -0.1) is 6.58 Å². The molecule has 1 aliphatic carbocycles. The van der Waals surface area contributed by atoms with E-state index in [1.54, 1.807) is 0 Å². The molecule has 2 amide bonds. The van der Waals surface area contributed by atoms with Gasteiger partial charge in [0.1, 0.15) is 0 Å². The Labute approximate surface area is 220 Å². The minimum Gasteiger partial charge on any atom is -0.392 e. The largest absolute Gasteiger partial charge is 0.392 e. The number of hydrogen-bond acceptors (Lipinski definition) is 5. The second-order valence-electron chi connectivity index (χ2n) is 10.1. The number of rotatable bonds is 10. The number of nitrogens with one attached hydrogen (secondary N) is 2. The molecule has 0 bridgehead atoms. The number of aliphatic hydroxyl groups is 1. The van der Waals surface area contributed by atoms with Gasteiger partial charge in [0.05, 0.1) is 18.8 Å². The number of amides is 2. The summed E-state index contributed by atoms with van der Waals surface area (Å²) in [6.07, 6.45) is 6.16. The Balaban J connectivity index is 1.60. The Kier molecular flexibility index (Phi) is 9.75. The van der Waals surface area contributed by atoms with E-state index in [2.05, 4.69) is 29.0 Å². The van der Waals surface area contributed by atoms with Crippen LogP contribution in [0.25, 0.3) is 0 Å². The van der Waals surface area contributed by atoms with Gasteiger partial charge in [-0.2, -0.15) is 0 Å². The predicted octanol–water partition coefficient (Wildman–Crippen LogP) is 5.54. The average molecular weight is 508 g/mol. The maximum absolute atomic E-state index is 12.1. The lowest BCUT2D eigenvalue weighted by Gasteiger charge is -2.43. The molecule has 7 nitrogen and oxygen atoms in total. The standard InChI is InChI=1S/C30H41N3O4/c1-4-17-33(26-11-6-7-12-26)19-27-21(3)28(23-15-13-22(20-34)14-16-23)37-29(36-27)24-9-8-10-25(18-24)32-30(35)31-5-2/h4,8-10,13-16,18,21,26-29,34H,1,5-7,11-12,17,19-20H2,2-3H3,(H2,31,32,35)/t21-,27+,28+,29+/m0/s1. The van der Waals surface area contributed by atoms with Crippen LogP contribution in [0.5, 0.6) is 0 Å². The second kappa shape index (κ2) is 13.2. The summed E-state index contributed by atoms with van der Waals surface area (Å²) in [5.74, 6) is 0.113. The molecule has 0 spiro atoms. The van der Waals surface area contributed by atoms with E-state index in [9.17, 15) is 9.90 Å². The van der Waals surface area contributed by atoms with Crippen LogP contribution in [-0.2, 0) is 16.1 Å². The van der Waals surface area contributed by atoms with Gasteiger partial charge in [0, 0.05) is 42.8 Å². The predicted molar refractivity (Wildman–Crippen MR) is 146 cm³/mol. The van der Waals surface area contributed by atoms with Crippen LogP contribution in [0, 0.1) is 5.92 Å². The molecule has 1 heterocycles. The SMILES string of the molecule is C=CCN(C[C@H]1O[C@@H](c2cccc(NC(=O)NCC)c2)O[C@@H](c2ccc(CO)cc2)[C@H]1C)C1CCCC1. The normalized spacial score (nSPS) is 24.2. The zero-order chi connectivity index (χ0) is 26.2. The Morgan fingerprint density at radius 2 is 1.89 bits per heavy atom. The lowest BCUT2D eigenvalue weighted by molar-refractivity contribution is -0.276. The first-order valence-corrected chi connectivity index (χ1v) is 13.5. The van der Waals surface area contributed by atoms with Crippen molar-refractivity contribution in [3.05, 3.63) is 77.9 Å². The van der Waals surface area contributed by atoms with Crippen molar-refractivity contribution in [1.82, 2.24) is 10.2 Å². The quantitative estimate of drug-likeness (QED) is 0.368. The third-order valence-electron chi connectivity index (χ3n) is 7.50. The molecule has 0 unspecified atom stereocenters. The molecular weight excluding hydrogens is 466 g/mol. The van der Waals surface area contributed by atoms with E-state index >= 15 is 0 Å². The highest BCUT2D eigenvalue weighted by Crippen LogP contribution is 2.42. The summed E-state index contributed by atoms with van der Waals surface area (Å²) in [6.45, 7) is 10.3. The third-order valence-corrected chi connectivity index (χ3v) is 7.50. The monoisotopic (exact) mass is 507 g/mol. The second-order valence-corrected chi connectivity index (χ2v) is 10.1. The molecule has 200 valence electrons. The highest BCUT2D eigenvalue weighted by Gasteiger charge is 2.40. The number of hydrogen-bond donors (Lipinski definition) is 3. The van der Waals surface area contributed by atoms with Crippen molar-refractivity contribution in [3.63, 3.8) is 0 Å². The van der Waals surface area contributed by atoms with Crippen LogP contribution >= 0.6 is 0 Å². The molecule has 0 radical (unpaired) electrons. The van der Waals surface area contributed by atoms with E-state index in [1.165, 1.54) is 25.7 Å². The van der Waals surface area contributed by atoms with Crippen molar-refractivity contribution in [2.24, 2.45) is 5.92 Å². The number of carbonyl (C=O) groups excluding carboxylic acids is 1. The van der Waals surface area contributed by atoms with Crippen molar-refractivity contribution in [1.29, 1.82) is 0 Å². The van der Waals surface area contributed by atoms with E-state index in [0.717, 1.165) is 29.8 Å². The molecule has 37 heavy (non-hydrogen) atoms. The van der Waals surface area contributed by atoms with E-state index < -0.39 is 6.29 Å². The summed E-state index contributed by atoms with van der Waals surface area (Å²) in [7, 11) is 0. The number of aliphatic hydroxyl groups excluding tert-OH is 1. The smallest absolute Gasteiger partial charge is 0.319 e. The summed E-state index contributed by atoms with van der Waals surface area (Å²) in [4.78, 5) is 14.6. The van der Waals surface area contributed by atoms with E-state index in [1.807, 2.05) is 61.5 Å². The van der Waals surface area contributed by atoms with Crippen molar-refractivity contribution < 1.29 is 19.4 Å². The minimum atomic E-state index is -0.575. The molecule has 2 aromatic carbocycles. The lowest BCUT2D eigenvalue weighted by Crippen LogP contribution is -2.47. The van der Waals surface area contributed by atoms with Crippen LogP contribution < -0.4 is 10.6 Å². The van der Waals surface area contributed by atoms with Crippen molar-refractivity contribution in [3.8, 4) is 0 Å². The highest BCUT2D eigenvalue weighted by molar-refractivity contribution is 5.89. The first-order chi connectivity index (χ1) is 18.0. The molecule has 3 N–H and O–H groups in total. The zero-order valence-corrected chi connectivity index (χ0v) is 22.1. The summed E-state index contributed by atoms with van der Waals surface area (Å²) in [6, 6.07) is 16.0. The van der Waals surface area contributed by atoms with Gasteiger partial charge in [-0.05, 0) is 43.0 Å². The molecule has 7 heteroatoms. The van der Waals surface area contributed by atoms with Gasteiger partial charge >= 0.3 is 6.03 Å². The van der Waals surface area contributed by atoms with Crippen LogP contribution in [0.2, 0.25) is 0 Å². The summed E-state index contributed by atoms with van der Waals surface area (Å²) in [5, 5.41) is 15.1. The highest BCUT2D eigenvalue weighted by atomic mass is 16.7. The Morgan fingerprint density at radius 1 is 1.14 bits per heavy atom. The molecule has 1 saturated heterocycles. The van der Waals surface area contributed by atoms with Crippen molar-refractivity contribution in [2.75, 3.05) is 25.0 Å². The van der Waals surface area contributed by atoms with Crippen LogP contribution in [0.4, 0.5) is 10.5 Å². The lowest BCUT2D eigenvalue weighted by atomic mass is 9.89. The molecule has 4 atom stereocenters. The summed E-state index contributed by atoms with van der Waals surface area (Å²) >= 11 is 0. The maximum atomic E-state index is 12.1. The van der Waals surface area contributed by atoms with E-state index in [0.29, 0.717) is 18.3 Å². The molecule has 2 aromatic rings. The topological polar surface area (TPSA) is 83.1 Å². The van der Waals surface area contributed by atoms with Crippen LogP contribution in [0.3, 0.4) is 0 Å². The first-order valence-electron chi connectivity index (χ1n) is 13.5. The molecule has 2 aliphatic rings. The fraction of sp³-hybridized carbons (Fsp3) is 0.500. The van der Waals surface area contributed by atoms with E-state index in [4.69, 9.17) is 9.47 Å². The number of urea groups is 1. The van der Waals surface area contributed by atoms with Gasteiger partial charge in [-0.1, -0.05) is 62.2 Å². The Hall–Kier alpha value is -2.71. The van der Waals surface area contributed by atoms with Gasteiger partial charge < -0.3 is 25.2 Å². The molecule has 1 aliphatic heterocycles. The zero-order valence-electron chi connectivity index (χ0n) is 22.1. The Morgan fingerprint density at radius 3 is 2.57 bits per heavy atom. The number of nitrogens with zero attached hydrogens (tertiary/aromatic N) is 1. The van der Waals surface area contributed by atoms with Crippen LogP contribution in [0.15, 0.2) is 61.2 Å². The molecule has 1 saturated carbocycles. The van der Waals surface area contributed by atoms with Crippen LogP contribution in [-0.4, -0.2) is 47.8 Å². The first kappa shape index (κ1) is 27.3. The number of anilines is 1. The fourth-order valence-corrected chi connectivity index (χ4v) is 5.47. The van der Waals surface area contributed by atoms with Gasteiger partial charge in [-0.25, -0.2) is 4.79 Å². The summed E-state index contributed by atoms with van der Waals surface area (Å²) in [5.41, 5.74) is 3.49. The van der Waals surface area contributed by atoms with Crippen molar-refractivity contribution in [2.45, 2.75) is 70.7 Å². The molecule has 2 fully saturated rings. The van der Waals surface area contributed by atoms with Gasteiger partial charge in [-0.3, -0.25) is 4.90 Å². The summed E-state index contributed by atoms with van der Waals surface area (Å²) < 4.78 is 13.3. The van der Waals surface area contributed by atoms with E-state index in [-0.39, 0.29) is 30.8 Å². The number of ether oxygens (including phenoxy) is 2. The van der Waals surface area contributed by atoms with Crippen LogP contribution in [0.1, 0.15) is 68.6 Å².